The SMILES string of the molecule is CC(N)CCNC(=O)CCc1ccncc1.Cl.Cl. The van der Waals surface area contributed by atoms with Gasteiger partial charge in [-0.05, 0) is 37.5 Å². The third-order valence-electron chi connectivity index (χ3n) is 2.31. The summed E-state index contributed by atoms with van der Waals surface area (Å²) < 4.78 is 0. The van der Waals surface area contributed by atoms with E-state index in [2.05, 4.69) is 10.3 Å². The van der Waals surface area contributed by atoms with Crippen LogP contribution in [-0.2, 0) is 11.2 Å². The number of carbonyl (C=O) groups is 1. The van der Waals surface area contributed by atoms with Gasteiger partial charge in [0.1, 0.15) is 0 Å². The highest BCUT2D eigenvalue weighted by atomic mass is 35.5. The van der Waals surface area contributed by atoms with Gasteiger partial charge in [0.25, 0.3) is 0 Å². The first-order valence-electron chi connectivity index (χ1n) is 5.59. The largest absolute Gasteiger partial charge is 0.356 e. The highest BCUT2D eigenvalue weighted by Crippen LogP contribution is 2.00. The van der Waals surface area contributed by atoms with E-state index in [1.807, 2.05) is 19.1 Å². The number of amides is 1. The van der Waals surface area contributed by atoms with Crippen LogP contribution in [-0.4, -0.2) is 23.5 Å². The van der Waals surface area contributed by atoms with Crippen molar-refractivity contribution < 1.29 is 4.79 Å². The zero-order valence-corrected chi connectivity index (χ0v) is 12.1. The van der Waals surface area contributed by atoms with Crippen molar-refractivity contribution in [2.75, 3.05) is 6.54 Å². The van der Waals surface area contributed by atoms with Gasteiger partial charge in [0, 0.05) is 31.4 Å². The molecule has 0 saturated heterocycles. The molecular weight excluding hydrogens is 273 g/mol. The van der Waals surface area contributed by atoms with Crippen molar-refractivity contribution in [1.29, 1.82) is 0 Å². The summed E-state index contributed by atoms with van der Waals surface area (Å²) in [5.74, 6) is 0.0810. The lowest BCUT2D eigenvalue weighted by Crippen LogP contribution is -2.29. The lowest BCUT2D eigenvalue weighted by atomic mass is 10.1. The molecule has 1 amide bonds. The maximum Gasteiger partial charge on any atom is 0.220 e. The molecule has 1 heterocycles. The first-order valence-corrected chi connectivity index (χ1v) is 5.59. The Hall–Kier alpha value is -0.840. The smallest absolute Gasteiger partial charge is 0.220 e. The van der Waals surface area contributed by atoms with Crippen LogP contribution in [0.3, 0.4) is 0 Å². The average Bonchev–Trinajstić information content (AvgIpc) is 2.27. The second-order valence-electron chi connectivity index (χ2n) is 3.97. The normalized spacial score (nSPS) is 10.8. The molecule has 6 heteroatoms. The fourth-order valence-electron chi connectivity index (χ4n) is 1.33. The number of pyridine rings is 1. The summed E-state index contributed by atoms with van der Waals surface area (Å²) in [6.07, 6.45) is 5.57. The second kappa shape index (κ2) is 11.3. The first-order chi connectivity index (χ1) is 7.68. The molecule has 1 unspecified atom stereocenters. The molecule has 1 aromatic rings. The Morgan fingerprint density at radius 2 is 2.00 bits per heavy atom. The Kier molecular flexibility index (Phi) is 12.2. The highest BCUT2D eigenvalue weighted by molar-refractivity contribution is 5.85. The van der Waals surface area contributed by atoms with Gasteiger partial charge < -0.3 is 11.1 Å². The summed E-state index contributed by atoms with van der Waals surface area (Å²) in [6, 6.07) is 3.99. The van der Waals surface area contributed by atoms with E-state index in [1.54, 1.807) is 12.4 Å². The van der Waals surface area contributed by atoms with E-state index in [-0.39, 0.29) is 36.8 Å². The molecule has 1 rings (SSSR count). The van der Waals surface area contributed by atoms with Gasteiger partial charge >= 0.3 is 0 Å². The van der Waals surface area contributed by atoms with Crippen LogP contribution in [0.5, 0.6) is 0 Å². The number of hydrogen-bond acceptors (Lipinski definition) is 3. The number of nitrogens with one attached hydrogen (secondary N) is 1. The summed E-state index contributed by atoms with van der Waals surface area (Å²) >= 11 is 0. The number of halogens is 2. The van der Waals surface area contributed by atoms with Crippen molar-refractivity contribution in [3.8, 4) is 0 Å². The van der Waals surface area contributed by atoms with E-state index >= 15 is 0 Å². The Bertz CT molecular complexity index is 320. The van der Waals surface area contributed by atoms with Gasteiger partial charge in [-0.15, -0.1) is 24.8 Å². The molecule has 1 atom stereocenters. The number of carbonyl (C=O) groups excluding carboxylic acids is 1. The van der Waals surface area contributed by atoms with Crippen molar-refractivity contribution >= 4 is 30.7 Å². The molecule has 0 bridgehead atoms. The van der Waals surface area contributed by atoms with E-state index in [4.69, 9.17) is 5.73 Å². The van der Waals surface area contributed by atoms with Crippen LogP contribution in [0.1, 0.15) is 25.3 Å². The van der Waals surface area contributed by atoms with Crippen molar-refractivity contribution in [3.05, 3.63) is 30.1 Å². The maximum absolute atomic E-state index is 11.4. The van der Waals surface area contributed by atoms with Crippen LogP contribution in [0.2, 0.25) is 0 Å². The van der Waals surface area contributed by atoms with Gasteiger partial charge in [-0.2, -0.15) is 0 Å². The molecule has 104 valence electrons. The highest BCUT2D eigenvalue weighted by Gasteiger charge is 2.02. The summed E-state index contributed by atoms with van der Waals surface area (Å²) in [4.78, 5) is 15.4. The molecule has 0 spiro atoms. The molecule has 1 aromatic heterocycles. The fraction of sp³-hybridized carbons (Fsp3) is 0.500. The number of nitrogens with two attached hydrogens (primary N) is 1. The Balaban J connectivity index is 0. The molecule has 0 radical (unpaired) electrons. The topological polar surface area (TPSA) is 68.0 Å². The summed E-state index contributed by atoms with van der Waals surface area (Å²) in [6.45, 7) is 2.59. The standard InChI is InChI=1S/C12H19N3O.2ClH/c1-10(13)4-9-15-12(16)3-2-11-5-7-14-8-6-11;;/h5-8,10H,2-4,9,13H2,1H3,(H,15,16);2*1H. The zero-order valence-electron chi connectivity index (χ0n) is 10.5. The maximum atomic E-state index is 11.4. The predicted octanol–water partition coefficient (Wildman–Crippen LogP) is 1.71. The van der Waals surface area contributed by atoms with Crippen LogP contribution in [0.4, 0.5) is 0 Å². The third kappa shape index (κ3) is 9.22. The third-order valence-corrected chi connectivity index (χ3v) is 2.31. The summed E-state index contributed by atoms with van der Waals surface area (Å²) in [5, 5.41) is 2.85. The minimum Gasteiger partial charge on any atom is -0.356 e. The molecule has 3 N–H and O–H groups in total. The minimum atomic E-state index is 0. The van der Waals surface area contributed by atoms with Crippen LogP contribution < -0.4 is 11.1 Å². The van der Waals surface area contributed by atoms with E-state index in [9.17, 15) is 4.79 Å². The molecular formula is C12H21Cl2N3O. The van der Waals surface area contributed by atoms with E-state index < -0.39 is 0 Å². The number of nitrogens with zero attached hydrogens (tertiary/aromatic N) is 1. The molecule has 0 aliphatic heterocycles. The molecule has 18 heavy (non-hydrogen) atoms. The monoisotopic (exact) mass is 293 g/mol. The van der Waals surface area contributed by atoms with Crippen molar-refractivity contribution in [3.63, 3.8) is 0 Å². The van der Waals surface area contributed by atoms with E-state index in [0.29, 0.717) is 13.0 Å². The number of aromatic nitrogens is 1. The van der Waals surface area contributed by atoms with Crippen molar-refractivity contribution in [2.24, 2.45) is 5.73 Å². The quantitative estimate of drug-likeness (QED) is 0.839. The predicted molar refractivity (Wildman–Crippen MR) is 78.3 cm³/mol. The Morgan fingerprint density at radius 1 is 1.39 bits per heavy atom. The van der Waals surface area contributed by atoms with Crippen LogP contribution >= 0.6 is 24.8 Å². The van der Waals surface area contributed by atoms with Crippen LogP contribution in [0, 0.1) is 0 Å². The van der Waals surface area contributed by atoms with Crippen LogP contribution in [0.25, 0.3) is 0 Å². The molecule has 0 aromatic carbocycles. The Morgan fingerprint density at radius 3 is 2.56 bits per heavy atom. The summed E-state index contributed by atoms with van der Waals surface area (Å²) in [7, 11) is 0. The lowest BCUT2D eigenvalue weighted by molar-refractivity contribution is -0.121. The first kappa shape index (κ1) is 19.5. The van der Waals surface area contributed by atoms with E-state index in [1.165, 1.54) is 0 Å². The number of rotatable bonds is 6. The molecule has 0 aliphatic rings. The second-order valence-corrected chi connectivity index (χ2v) is 3.97. The van der Waals surface area contributed by atoms with Gasteiger partial charge in [-0.3, -0.25) is 9.78 Å². The van der Waals surface area contributed by atoms with E-state index in [0.717, 1.165) is 18.4 Å². The fourth-order valence-corrected chi connectivity index (χ4v) is 1.33. The number of aryl methyl sites for hydroxylation is 1. The van der Waals surface area contributed by atoms with Crippen molar-refractivity contribution in [2.45, 2.75) is 32.2 Å². The molecule has 0 fully saturated rings. The minimum absolute atomic E-state index is 0. The zero-order chi connectivity index (χ0) is 11.8. The molecule has 4 nitrogen and oxygen atoms in total. The van der Waals surface area contributed by atoms with Gasteiger partial charge in [-0.25, -0.2) is 0 Å². The Labute approximate surface area is 121 Å². The summed E-state index contributed by atoms with van der Waals surface area (Å²) in [5.41, 5.74) is 6.72. The average molecular weight is 294 g/mol. The van der Waals surface area contributed by atoms with Gasteiger partial charge in [0.2, 0.25) is 5.91 Å². The van der Waals surface area contributed by atoms with Crippen molar-refractivity contribution in [1.82, 2.24) is 10.3 Å². The lowest BCUT2D eigenvalue weighted by Gasteiger charge is -2.07. The number of hydrogen-bond donors (Lipinski definition) is 2. The molecule has 0 saturated carbocycles. The van der Waals surface area contributed by atoms with Gasteiger partial charge in [0.05, 0.1) is 0 Å². The molecule has 0 aliphatic carbocycles. The van der Waals surface area contributed by atoms with Crippen LogP contribution in [0.15, 0.2) is 24.5 Å². The van der Waals surface area contributed by atoms with Gasteiger partial charge in [0.15, 0.2) is 0 Å². The van der Waals surface area contributed by atoms with Gasteiger partial charge in [-0.1, -0.05) is 0 Å².